The Morgan fingerprint density at radius 1 is 1.53 bits per heavy atom. The Morgan fingerprint density at radius 3 is 2.89 bits per heavy atom. The average Bonchev–Trinajstić information content (AvgIpc) is 2.72. The normalized spacial score (nSPS) is 10.6. The van der Waals surface area contributed by atoms with E-state index in [-0.39, 0.29) is 5.91 Å². The first kappa shape index (κ1) is 13.6. The zero-order valence-electron chi connectivity index (χ0n) is 11.3. The molecule has 1 aromatic heterocycles. The molecule has 2 rings (SSSR count). The lowest BCUT2D eigenvalue weighted by Crippen LogP contribution is -2.30. The first-order chi connectivity index (χ1) is 9.08. The molecule has 0 atom stereocenters. The summed E-state index contributed by atoms with van der Waals surface area (Å²) in [6.07, 6.45) is 1.73. The van der Waals surface area contributed by atoms with Crippen molar-refractivity contribution in [1.29, 1.82) is 0 Å². The summed E-state index contributed by atoms with van der Waals surface area (Å²) < 4.78 is 1.07. The van der Waals surface area contributed by atoms with E-state index in [9.17, 15) is 4.79 Å². The van der Waals surface area contributed by atoms with Crippen LogP contribution in [0, 0.1) is 6.92 Å². The highest BCUT2D eigenvalue weighted by molar-refractivity contribution is 7.21. The summed E-state index contributed by atoms with van der Waals surface area (Å²) in [6.45, 7) is 8.86. The van der Waals surface area contributed by atoms with Crippen LogP contribution in [0.2, 0.25) is 0 Å². The van der Waals surface area contributed by atoms with E-state index < -0.39 is 0 Å². The van der Waals surface area contributed by atoms with Gasteiger partial charge in [-0.05, 0) is 25.5 Å². The molecule has 4 heteroatoms. The van der Waals surface area contributed by atoms with Crippen molar-refractivity contribution in [1.82, 2.24) is 4.90 Å². The number of hydrogen-bond donors (Lipinski definition) is 1. The van der Waals surface area contributed by atoms with Gasteiger partial charge in [-0.1, -0.05) is 18.2 Å². The molecule has 1 amide bonds. The van der Waals surface area contributed by atoms with Crippen molar-refractivity contribution in [3.63, 3.8) is 0 Å². The Labute approximate surface area is 117 Å². The lowest BCUT2D eigenvalue weighted by molar-refractivity contribution is 0.0788. The number of amides is 1. The zero-order valence-corrected chi connectivity index (χ0v) is 12.1. The highest BCUT2D eigenvalue weighted by Gasteiger charge is 2.20. The highest BCUT2D eigenvalue weighted by atomic mass is 32.1. The number of nitrogen functional groups attached to an aromatic ring is 1. The SMILES string of the molecule is C=CCN(CC)C(=O)c1sc2cc(C)ccc2c1N. The number of carbonyl (C=O) groups is 1. The van der Waals surface area contributed by atoms with Gasteiger partial charge in [0.1, 0.15) is 4.88 Å². The van der Waals surface area contributed by atoms with Gasteiger partial charge >= 0.3 is 0 Å². The molecular weight excluding hydrogens is 256 g/mol. The van der Waals surface area contributed by atoms with Gasteiger partial charge in [-0.3, -0.25) is 4.79 Å². The molecule has 0 aliphatic heterocycles. The van der Waals surface area contributed by atoms with Gasteiger partial charge in [0.15, 0.2) is 0 Å². The minimum Gasteiger partial charge on any atom is -0.397 e. The van der Waals surface area contributed by atoms with Crippen molar-refractivity contribution in [2.24, 2.45) is 0 Å². The lowest BCUT2D eigenvalue weighted by atomic mass is 10.1. The van der Waals surface area contributed by atoms with E-state index >= 15 is 0 Å². The molecule has 0 aliphatic rings. The van der Waals surface area contributed by atoms with Crippen molar-refractivity contribution in [3.8, 4) is 0 Å². The van der Waals surface area contributed by atoms with Gasteiger partial charge in [0.25, 0.3) is 5.91 Å². The molecule has 1 heterocycles. The first-order valence-electron chi connectivity index (χ1n) is 6.27. The maximum absolute atomic E-state index is 12.4. The Hall–Kier alpha value is -1.81. The van der Waals surface area contributed by atoms with Crippen LogP contribution in [0.3, 0.4) is 0 Å². The molecule has 0 saturated carbocycles. The standard InChI is InChI=1S/C15H18N2OS/c1-4-8-17(5-2)15(18)14-13(16)11-7-6-10(3)9-12(11)19-14/h4,6-7,9H,1,5,8,16H2,2-3H3. The van der Waals surface area contributed by atoms with Crippen LogP contribution in [0.5, 0.6) is 0 Å². The molecular formula is C15H18N2OS. The van der Waals surface area contributed by atoms with Crippen LogP contribution in [0.1, 0.15) is 22.2 Å². The van der Waals surface area contributed by atoms with Crippen molar-refractivity contribution < 1.29 is 4.79 Å². The minimum atomic E-state index is -0.0150. The summed E-state index contributed by atoms with van der Waals surface area (Å²) in [5.74, 6) is -0.0150. The van der Waals surface area contributed by atoms with E-state index in [1.54, 1.807) is 11.0 Å². The third kappa shape index (κ3) is 2.49. The number of carbonyl (C=O) groups excluding carboxylic acids is 1. The third-order valence-corrected chi connectivity index (χ3v) is 4.25. The second-order valence-corrected chi connectivity index (χ2v) is 5.53. The largest absolute Gasteiger partial charge is 0.397 e. The Bertz CT molecular complexity index is 630. The molecule has 0 fully saturated rings. The molecule has 1 aromatic carbocycles. The fourth-order valence-electron chi connectivity index (χ4n) is 2.04. The monoisotopic (exact) mass is 274 g/mol. The molecule has 0 aliphatic carbocycles. The van der Waals surface area contributed by atoms with Crippen LogP contribution in [0.25, 0.3) is 10.1 Å². The van der Waals surface area contributed by atoms with E-state index in [0.29, 0.717) is 23.7 Å². The van der Waals surface area contributed by atoms with Crippen molar-refractivity contribution >= 4 is 33.0 Å². The Morgan fingerprint density at radius 2 is 2.26 bits per heavy atom. The second kappa shape index (κ2) is 5.45. The number of anilines is 1. The predicted molar refractivity (Wildman–Crippen MR) is 82.7 cm³/mol. The predicted octanol–water partition coefficient (Wildman–Crippen LogP) is 3.44. The van der Waals surface area contributed by atoms with Crippen LogP contribution in [-0.2, 0) is 0 Å². The number of nitrogens with zero attached hydrogens (tertiary/aromatic N) is 1. The number of likely N-dealkylation sites (N-methyl/N-ethyl adjacent to an activating group) is 1. The van der Waals surface area contributed by atoms with Gasteiger partial charge in [-0.25, -0.2) is 0 Å². The molecule has 0 unspecified atom stereocenters. The second-order valence-electron chi connectivity index (χ2n) is 4.48. The summed E-state index contributed by atoms with van der Waals surface area (Å²) in [7, 11) is 0. The highest BCUT2D eigenvalue weighted by Crippen LogP contribution is 2.34. The van der Waals surface area contributed by atoms with Gasteiger partial charge in [-0.15, -0.1) is 17.9 Å². The summed E-state index contributed by atoms with van der Waals surface area (Å²) in [5.41, 5.74) is 7.88. The zero-order chi connectivity index (χ0) is 14.0. The quantitative estimate of drug-likeness (QED) is 0.868. The van der Waals surface area contributed by atoms with E-state index in [1.165, 1.54) is 16.9 Å². The summed E-state index contributed by atoms with van der Waals surface area (Å²) in [6, 6.07) is 6.06. The summed E-state index contributed by atoms with van der Waals surface area (Å²) in [5, 5.41) is 0.966. The van der Waals surface area contributed by atoms with Crippen LogP contribution >= 0.6 is 11.3 Å². The molecule has 3 nitrogen and oxygen atoms in total. The smallest absolute Gasteiger partial charge is 0.266 e. The molecule has 0 bridgehead atoms. The number of hydrogen-bond acceptors (Lipinski definition) is 3. The average molecular weight is 274 g/mol. The van der Waals surface area contributed by atoms with E-state index in [0.717, 1.165) is 10.1 Å². The van der Waals surface area contributed by atoms with Gasteiger partial charge < -0.3 is 10.6 Å². The third-order valence-electron chi connectivity index (χ3n) is 3.10. The van der Waals surface area contributed by atoms with E-state index in [1.807, 2.05) is 26.0 Å². The van der Waals surface area contributed by atoms with Crippen molar-refractivity contribution in [2.45, 2.75) is 13.8 Å². The number of rotatable bonds is 4. The number of thiophene rings is 1. The van der Waals surface area contributed by atoms with Crippen LogP contribution < -0.4 is 5.73 Å². The molecule has 2 aromatic rings. The number of fused-ring (bicyclic) bond motifs is 1. The summed E-state index contributed by atoms with van der Waals surface area (Å²) in [4.78, 5) is 14.8. The van der Waals surface area contributed by atoms with Crippen LogP contribution in [0.15, 0.2) is 30.9 Å². The maximum Gasteiger partial charge on any atom is 0.266 e. The maximum atomic E-state index is 12.4. The van der Waals surface area contributed by atoms with Crippen LogP contribution in [0.4, 0.5) is 5.69 Å². The summed E-state index contributed by atoms with van der Waals surface area (Å²) >= 11 is 1.47. The van der Waals surface area contributed by atoms with Gasteiger partial charge in [0, 0.05) is 23.2 Å². The Kier molecular flexibility index (Phi) is 3.90. The van der Waals surface area contributed by atoms with Crippen molar-refractivity contribution in [2.75, 3.05) is 18.8 Å². The van der Waals surface area contributed by atoms with Crippen molar-refractivity contribution in [3.05, 3.63) is 41.3 Å². The molecule has 0 spiro atoms. The first-order valence-corrected chi connectivity index (χ1v) is 7.09. The lowest BCUT2D eigenvalue weighted by Gasteiger charge is -2.18. The topological polar surface area (TPSA) is 46.3 Å². The molecule has 100 valence electrons. The van der Waals surface area contributed by atoms with Gasteiger partial charge in [-0.2, -0.15) is 0 Å². The number of benzene rings is 1. The fraction of sp³-hybridized carbons (Fsp3) is 0.267. The van der Waals surface area contributed by atoms with Crippen LogP contribution in [-0.4, -0.2) is 23.9 Å². The number of nitrogens with two attached hydrogens (primary N) is 1. The molecule has 19 heavy (non-hydrogen) atoms. The van der Waals surface area contributed by atoms with Gasteiger partial charge in [0.2, 0.25) is 0 Å². The molecule has 2 N–H and O–H groups in total. The molecule has 0 radical (unpaired) electrons. The Balaban J connectivity index is 2.47. The van der Waals surface area contributed by atoms with E-state index in [2.05, 4.69) is 12.6 Å². The minimum absolute atomic E-state index is 0.0150. The molecule has 0 saturated heterocycles. The van der Waals surface area contributed by atoms with E-state index in [4.69, 9.17) is 5.73 Å². The fourth-order valence-corrected chi connectivity index (χ4v) is 3.23. The number of aryl methyl sites for hydroxylation is 1. The van der Waals surface area contributed by atoms with Gasteiger partial charge in [0.05, 0.1) is 5.69 Å².